The van der Waals surface area contributed by atoms with Crippen LogP contribution in [0.15, 0.2) is 24.3 Å². The molecule has 21 heavy (non-hydrogen) atoms. The van der Waals surface area contributed by atoms with Crippen LogP contribution < -0.4 is 5.32 Å². The van der Waals surface area contributed by atoms with Gasteiger partial charge in [-0.05, 0) is 36.8 Å². The smallest absolute Gasteiger partial charge is 0.257 e. The molecule has 2 aromatic rings. The van der Waals surface area contributed by atoms with E-state index >= 15 is 0 Å². The lowest BCUT2D eigenvalue weighted by Crippen LogP contribution is -2.14. The van der Waals surface area contributed by atoms with Crippen molar-refractivity contribution < 1.29 is 13.6 Å². The van der Waals surface area contributed by atoms with E-state index in [1.54, 1.807) is 13.0 Å². The number of hydrogen-bond donors (Lipinski definition) is 1. The Labute approximate surface area is 134 Å². The molecule has 0 aliphatic heterocycles. The predicted molar refractivity (Wildman–Crippen MR) is 80.5 cm³/mol. The first-order valence-corrected chi connectivity index (χ1v) is 6.85. The zero-order valence-corrected chi connectivity index (χ0v) is 12.9. The summed E-state index contributed by atoms with van der Waals surface area (Å²) < 4.78 is 26.2. The Morgan fingerprint density at radius 1 is 1.05 bits per heavy atom. The second kappa shape index (κ2) is 6.18. The Balaban J connectivity index is 2.35. The number of carbonyl (C=O) groups is 1. The molecule has 0 saturated carbocycles. The summed E-state index contributed by atoms with van der Waals surface area (Å²) in [4.78, 5) is 12.1. The van der Waals surface area contributed by atoms with Crippen LogP contribution in [-0.4, -0.2) is 5.91 Å². The Hall–Kier alpha value is -1.36. The molecule has 2 nitrogen and oxygen atoms in total. The van der Waals surface area contributed by atoms with Crippen molar-refractivity contribution in [3.8, 4) is 0 Å². The fourth-order valence-corrected chi connectivity index (χ4v) is 2.30. The lowest BCUT2D eigenvalue weighted by atomic mass is 10.1. The van der Waals surface area contributed by atoms with E-state index < -0.39 is 17.5 Å². The van der Waals surface area contributed by atoms with Gasteiger partial charge in [0.15, 0.2) is 11.6 Å². The third-order valence-electron chi connectivity index (χ3n) is 2.82. The quantitative estimate of drug-likeness (QED) is 0.713. The summed E-state index contributed by atoms with van der Waals surface area (Å²) in [6.07, 6.45) is 0. The molecule has 0 bridgehead atoms. The first-order chi connectivity index (χ1) is 9.81. The van der Waals surface area contributed by atoms with Gasteiger partial charge in [0, 0.05) is 5.02 Å². The molecular formula is C14H8Cl3F2NO. The van der Waals surface area contributed by atoms with Crippen molar-refractivity contribution in [3.05, 3.63) is 62.1 Å². The molecule has 0 atom stereocenters. The summed E-state index contributed by atoms with van der Waals surface area (Å²) in [6, 6.07) is 4.53. The molecule has 0 radical (unpaired) electrons. The second-order valence-corrected chi connectivity index (χ2v) is 5.43. The maximum Gasteiger partial charge on any atom is 0.257 e. The number of benzene rings is 2. The highest BCUT2D eigenvalue weighted by Crippen LogP contribution is 2.31. The van der Waals surface area contributed by atoms with Crippen LogP contribution in [0.2, 0.25) is 15.1 Å². The highest BCUT2D eigenvalue weighted by molar-refractivity contribution is 6.38. The summed E-state index contributed by atoms with van der Waals surface area (Å²) in [5, 5.41) is 2.99. The van der Waals surface area contributed by atoms with Gasteiger partial charge < -0.3 is 5.32 Å². The molecule has 0 saturated heterocycles. The van der Waals surface area contributed by atoms with Crippen LogP contribution in [0.5, 0.6) is 0 Å². The second-order valence-electron chi connectivity index (χ2n) is 4.23. The Kier molecular flexibility index (Phi) is 4.71. The zero-order chi connectivity index (χ0) is 15.7. The maximum absolute atomic E-state index is 13.2. The number of nitrogens with one attached hydrogen (secondary N) is 1. The van der Waals surface area contributed by atoms with E-state index in [2.05, 4.69) is 5.32 Å². The fraction of sp³-hybridized carbons (Fsp3) is 0.0714. The molecule has 2 aromatic carbocycles. The summed E-state index contributed by atoms with van der Waals surface area (Å²) in [7, 11) is 0. The van der Waals surface area contributed by atoms with Crippen LogP contribution in [0.3, 0.4) is 0 Å². The van der Waals surface area contributed by atoms with Crippen molar-refractivity contribution in [1.82, 2.24) is 0 Å². The van der Waals surface area contributed by atoms with E-state index in [9.17, 15) is 13.6 Å². The largest absolute Gasteiger partial charge is 0.321 e. The minimum atomic E-state index is -1.16. The SMILES string of the molecule is Cc1c(Cl)ccc(NC(=O)c2cc(F)c(F)cc2Cl)c1Cl. The molecule has 0 aliphatic carbocycles. The number of amides is 1. The monoisotopic (exact) mass is 349 g/mol. The Bertz CT molecular complexity index is 735. The van der Waals surface area contributed by atoms with Crippen LogP contribution in [0.1, 0.15) is 15.9 Å². The molecule has 110 valence electrons. The lowest BCUT2D eigenvalue weighted by Gasteiger charge is -2.11. The van der Waals surface area contributed by atoms with Crippen molar-refractivity contribution >= 4 is 46.4 Å². The van der Waals surface area contributed by atoms with E-state index in [1.165, 1.54) is 6.07 Å². The van der Waals surface area contributed by atoms with E-state index in [0.29, 0.717) is 16.3 Å². The van der Waals surface area contributed by atoms with Crippen molar-refractivity contribution in [2.45, 2.75) is 6.92 Å². The number of halogens is 5. The normalized spacial score (nSPS) is 10.6. The Morgan fingerprint density at radius 2 is 1.67 bits per heavy atom. The van der Waals surface area contributed by atoms with Gasteiger partial charge in [-0.2, -0.15) is 0 Å². The minimum absolute atomic E-state index is 0.195. The first-order valence-electron chi connectivity index (χ1n) is 5.71. The average Bonchev–Trinajstić information content (AvgIpc) is 2.43. The minimum Gasteiger partial charge on any atom is -0.321 e. The van der Waals surface area contributed by atoms with Crippen LogP contribution in [-0.2, 0) is 0 Å². The predicted octanol–water partition coefficient (Wildman–Crippen LogP) is 5.49. The maximum atomic E-state index is 13.2. The molecule has 0 aliphatic rings. The Morgan fingerprint density at radius 3 is 2.33 bits per heavy atom. The van der Waals surface area contributed by atoms with Gasteiger partial charge in [-0.25, -0.2) is 8.78 Å². The summed E-state index contributed by atoms with van der Waals surface area (Å²) in [6.45, 7) is 1.69. The molecule has 0 fully saturated rings. The highest BCUT2D eigenvalue weighted by Gasteiger charge is 2.17. The van der Waals surface area contributed by atoms with Crippen LogP contribution >= 0.6 is 34.8 Å². The molecular weight excluding hydrogens is 343 g/mol. The van der Waals surface area contributed by atoms with Crippen LogP contribution in [0.25, 0.3) is 0 Å². The van der Waals surface area contributed by atoms with Crippen LogP contribution in [0, 0.1) is 18.6 Å². The first kappa shape index (κ1) is 16.0. The third kappa shape index (κ3) is 3.28. The van der Waals surface area contributed by atoms with Crippen molar-refractivity contribution in [2.75, 3.05) is 5.32 Å². The number of hydrogen-bond acceptors (Lipinski definition) is 1. The lowest BCUT2D eigenvalue weighted by molar-refractivity contribution is 0.102. The van der Waals surface area contributed by atoms with Crippen LogP contribution in [0.4, 0.5) is 14.5 Å². The van der Waals surface area contributed by atoms with Crippen molar-refractivity contribution in [2.24, 2.45) is 0 Å². The molecule has 0 unspecified atom stereocenters. The van der Waals surface area contributed by atoms with Gasteiger partial charge in [-0.15, -0.1) is 0 Å². The average molecular weight is 351 g/mol. The van der Waals surface area contributed by atoms with Crippen molar-refractivity contribution in [1.29, 1.82) is 0 Å². The van der Waals surface area contributed by atoms with Gasteiger partial charge in [0.1, 0.15) is 0 Å². The van der Waals surface area contributed by atoms with Gasteiger partial charge in [-0.1, -0.05) is 34.8 Å². The van der Waals surface area contributed by atoms with Gasteiger partial charge in [0.05, 0.1) is 21.3 Å². The van der Waals surface area contributed by atoms with E-state index in [1.807, 2.05) is 0 Å². The molecule has 2 rings (SSSR count). The standard InChI is InChI=1S/C14H8Cl3F2NO/c1-6-8(15)2-3-12(13(6)17)20-14(21)7-4-10(18)11(19)5-9(7)16/h2-5H,1H3,(H,20,21). The number of rotatable bonds is 2. The zero-order valence-electron chi connectivity index (χ0n) is 10.6. The molecule has 0 spiro atoms. The summed E-state index contributed by atoms with van der Waals surface area (Å²) in [5.74, 6) is -3.00. The van der Waals surface area contributed by atoms with Crippen molar-refractivity contribution in [3.63, 3.8) is 0 Å². The molecule has 0 aromatic heterocycles. The van der Waals surface area contributed by atoms with E-state index in [0.717, 1.165) is 12.1 Å². The highest BCUT2D eigenvalue weighted by atomic mass is 35.5. The molecule has 1 amide bonds. The molecule has 0 heterocycles. The summed E-state index contributed by atoms with van der Waals surface area (Å²) in [5.41, 5.74) is 0.691. The van der Waals surface area contributed by atoms with Gasteiger partial charge in [0.25, 0.3) is 5.91 Å². The van der Waals surface area contributed by atoms with Gasteiger partial charge in [0.2, 0.25) is 0 Å². The molecule has 1 N–H and O–H groups in total. The molecule has 7 heteroatoms. The third-order valence-corrected chi connectivity index (χ3v) is 4.03. The van der Waals surface area contributed by atoms with E-state index in [-0.39, 0.29) is 15.6 Å². The summed E-state index contributed by atoms with van der Waals surface area (Å²) >= 11 is 17.7. The number of carbonyl (C=O) groups excluding carboxylic acids is 1. The topological polar surface area (TPSA) is 29.1 Å². The van der Waals surface area contributed by atoms with E-state index in [4.69, 9.17) is 34.8 Å². The number of anilines is 1. The fourth-order valence-electron chi connectivity index (χ4n) is 1.64. The van der Waals surface area contributed by atoms with Gasteiger partial charge >= 0.3 is 0 Å². The van der Waals surface area contributed by atoms with Gasteiger partial charge in [-0.3, -0.25) is 4.79 Å².